The number of halogens is 4. The van der Waals surface area contributed by atoms with Crippen molar-refractivity contribution < 1.29 is 27.1 Å². The third kappa shape index (κ3) is 4.68. The van der Waals surface area contributed by atoms with E-state index in [0.717, 1.165) is 11.9 Å². The summed E-state index contributed by atoms with van der Waals surface area (Å²) in [7, 11) is 0. The van der Waals surface area contributed by atoms with E-state index in [9.17, 15) is 22.4 Å². The van der Waals surface area contributed by atoms with Crippen molar-refractivity contribution in [2.45, 2.75) is 19.1 Å². The Balaban J connectivity index is 1.90. The van der Waals surface area contributed by atoms with Gasteiger partial charge in [0.2, 0.25) is 12.3 Å². The number of benzene rings is 1. The predicted molar refractivity (Wildman–Crippen MR) is 92.4 cm³/mol. The number of ether oxygens (including phenoxy) is 1. The molecule has 1 aliphatic rings. The van der Waals surface area contributed by atoms with Gasteiger partial charge >= 0.3 is 6.18 Å². The van der Waals surface area contributed by atoms with Gasteiger partial charge in [-0.1, -0.05) is 12.1 Å². The highest BCUT2D eigenvalue weighted by Crippen LogP contribution is 2.32. The van der Waals surface area contributed by atoms with E-state index >= 15 is 0 Å². The molecule has 1 aliphatic heterocycles. The van der Waals surface area contributed by atoms with Gasteiger partial charge in [-0.2, -0.15) is 13.2 Å². The summed E-state index contributed by atoms with van der Waals surface area (Å²) < 4.78 is 56.4. The molecule has 0 bridgehead atoms. The van der Waals surface area contributed by atoms with Crippen LogP contribution in [0.15, 0.2) is 30.6 Å². The molecule has 1 aromatic carbocycles. The number of carbonyl (C=O) groups excluding carboxylic acids is 1. The summed E-state index contributed by atoms with van der Waals surface area (Å²) in [6, 6.07) is 5.52. The molecule has 0 radical (unpaired) electrons. The lowest BCUT2D eigenvalue weighted by Gasteiger charge is -2.41. The maximum Gasteiger partial charge on any atom is 0.422 e. The van der Waals surface area contributed by atoms with Crippen molar-refractivity contribution in [3.8, 4) is 5.88 Å². The Kier molecular flexibility index (Phi) is 5.66. The maximum atomic E-state index is 14.6. The number of rotatable bonds is 5. The van der Waals surface area contributed by atoms with Crippen LogP contribution in [0, 0.1) is 12.7 Å². The molecule has 1 fully saturated rings. The van der Waals surface area contributed by atoms with E-state index < -0.39 is 24.6 Å². The summed E-state index contributed by atoms with van der Waals surface area (Å²) in [6.07, 6.45) is -2.71. The van der Waals surface area contributed by atoms with Crippen molar-refractivity contribution in [3.63, 3.8) is 0 Å². The molecule has 0 aliphatic carbocycles. The third-order valence-electron chi connectivity index (χ3n) is 4.38. The van der Waals surface area contributed by atoms with Crippen LogP contribution in [0.3, 0.4) is 0 Å². The maximum absolute atomic E-state index is 14.6. The molecule has 0 saturated carbocycles. The first-order valence-electron chi connectivity index (χ1n) is 8.50. The molecule has 0 spiro atoms. The van der Waals surface area contributed by atoms with Crippen molar-refractivity contribution in [3.05, 3.63) is 47.5 Å². The van der Waals surface area contributed by atoms with Crippen LogP contribution < -0.4 is 9.64 Å². The summed E-state index contributed by atoms with van der Waals surface area (Å²) in [5, 5.41) is 0. The lowest BCUT2D eigenvalue weighted by Crippen LogP contribution is -2.48. The summed E-state index contributed by atoms with van der Waals surface area (Å²) in [6.45, 7) is 1.20. The van der Waals surface area contributed by atoms with E-state index in [1.807, 2.05) is 0 Å². The standard InChI is InChI=1S/C18H18F4N4O2/c1-12-2-3-13(14(19)6-12)15-8-25(11-27)4-5-26(15)16-7-17(24-10-23-16)28-9-18(20,21)22/h2-3,6-7,10-11,15H,4-5,8-9H2,1H3. The summed E-state index contributed by atoms with van der Waals surface area (Å²) in [5.74, 6) is -0.365. The molecule has 1 saturated heterocycles. The summed E-state index contributed by atoms with van der Waals surface area (Å²) >= 11 is 0. The molecule has 2 heterocycles. The Hall–Kier alpha value is -2.91. The van der Waals surface area contributed by atoms with Crippen LogP contribution in [0.1, 0.15) is 17.2 Å². The lowest BCUT2D eigenvalue weighted by atomic mass is 10.0. The average molecular weight is 398 g/mol. The van der Waals surface area contributed by atoms with Gasteiger partial charge in [-0.3, -0.25) is 4.79 Å². The molecular formula is C18H18F4N4O2. The summed E-state index contributed by atoms with van der Waals surface area (Å²) in [5.41, 5.74) is 1.12. The minimum Gasteiger partial charge on any atom is -0.468 e. The number of hydrogen-bond donors (Lipinski definition) is 0. The number of aromatic nitrogens is 2. The number of alkyl halides is 3. The number of piperazine rings is 1. The van der Waals surface area contributed by atoms with Crippen LogP contribution in [0.5, 0.6) is 5.88 Å². The van der Waals surface area contributed by atoms with Gasteiger partial charge in [0.15, 0.2) is 6.61 Å². The van der Waals surface area contributed by atoms with Crippen molar-refractivity contribution in [1.82, 2.24) is 14.9 Å². The number of aryl methyl sites for hydroxylation is 1. The smallest absolute Gasteiger partial charge is 0.422 e. The van der Waals surface area contributed by atoms with E-state index in [0.29, 0.717) is 30.9 Å². The van der Waals surface area contributed by atoms with E-state index in [1.54, 1.807) is 24.0 Å². The van der Waals surface area contributed by atoms with E-state index in [-0.39, 0.29) is 12.4 Å². The monoisotopic (exact) mass is 398 g/mol. The second-order valence-corrected chi connectivity index (χ2v) is 6.45. The fraction of sp³-hybridized carbons (Fsp3) is 0.389. The fourth-order valence-electron chi connectivity index (χ4n) is 3.06. The fourth-order valence-corrected chi connectivity index (χ4v) is 3.06. The number of amides is 1. The molecule has 150 valence electrons. The van der Waals surface area contributed by atoms with Crippen LogP contribution >= 0.6 is 0 Å². The second kappa shape index (κ2) is 7.99. The Morgan fingerprint density at radius 3 is 2.71 bits per heavy atom. The van der Waals surface area contributed by atoms with Crippen LogP contribution in [0.4, 0.5) is 23.4 Å². The Morgan fingerprint density at radius 2 is 2.04 bits per heavy atom. The van der Waals surface area contributed by atoms with Crippen molar-refractivity contribution in [2.24, 2.45) is 0 Å². The van der Waals surface area contributed by atoms with Crippen LogP contribution in [-0.2, 0) is 4.79 Å². The Morgan fingerprint density at radius 1 is 1.25 bits per heavy atom. The van der Waals surface area contributed by atoms with Gasteiger partial charge < -0.3 is 14.5 Å². The lowest BCUT2D eigenvalue weighted by molar-refractivity contribution is -0.154. The van der Waals surface area contributed by atoms with E-state index in [4.69, 9.17) is 0 Å². The topological polar surface area (TPSA) is 58.6 Å². The number of carbonyl (C=O) groups is 1. The van der Waals surface area contributed by atoms with Gasteiger partial charge in [-0.25, -0.2) is 14.4 Å². The SMILES string of the molecule is Cc1ccc(C2CN(C=O)CCN2c2cc(OCC(F)(F)F)ncn2)c(F)c1. The first-order chi connectivity index (χ1) is 13.3. The van der Waals surface area contributed by atoms with Gasteiger partial charge in [-0.05, 0) is 18.6 Å². The predicted octanol–water partition coefficient (Wildman–Crippen LogP) is 2.88. The molecule has 28 heavy (non-hydrogen) atoms. The van der Waals surface area contributed by atoms with Crippen molar-refractivity contribution in [1.29, 1.82) is 0 Å². The highest BCUT2D eigenvalue weighted by atomic mass is 19.4. The quantitative estimate of drug-likeness (QED) is 0.573. The van der Waals surface area contributed by atoms with Crippen LogP contribution in [0.25, 0.3) is 0 Å². The minimum atomic E-state index is -4.49. The second-order valence-electron chi connectivity index (χ2n) is 6.45. The zero-order valence-electron chi connectivity index (χ0n) is 15.0. The van der Waals surface area contributed by atoms with E-state index in [2.05, 4.69) is 14.7 Å². The largest absolute Gasteiger partial charge is 0.468 e. The molecule has 3 rings (SSSR count). The van der Waals surface area contributed by atoms with E-state index in [1.165, 1.54) is 17.0 Å². The normalized spacial score (nSPS) is 17.5. The molecule has 1 amide bonds. The molecular weight excluding hydrogens is 380 g/mol. The molecule has 6 nitrogen and oxygen atoms in total. The minimum absolute atomic E-state index is 0.215. The van der Waals surface area contributed by atoms with Gasteiger partial charge in [0, 0.05) is 31.3 Å². The van der Waals surface area contributed by atoms with Crippen LogP contribution in [0.2, 0.25) is 0 Å². The Bertz CT molecular complexity index is 847. The number of anilines is 1. The van der Waals surface area contributed by atoms with Gasteiger partial charge in [0.25, 0.3) is 0 Å². The average Bonchev–Trinajstić information content (AvgIpc) is 2.66. The zero-order valence-corrected chi connectivity index (χ0v) is 15.0. The highest BCUT2D eigenvalue weighted by molar-refractivity contribution is 5.51. The molecule has 2 aromatic rings. The summed E-state index contributed by atoms with van der Waals surface area (Å²) in [4.78, 5) is 22.3. The van der Waals surface area contributed by atoms with Crippen molar-refractivity contribution >= 4 is 12.2 Å². The first-order valence-corrected chi connectivity index (χ1v) is 8.50. The molecule has 1 atom stereocenters. The van der Waals surface area contributed by atoms with Gasteiger partial charge in [-0.15, -0.1) is 0 Å². The Labute approximate surface area is 158 Å². The van der Waals surface area contributed by atoms with Crippen LogP contribution in [-0.4, -0.2) is 53.7 Å². The molecule has 0 N–H and O–H groups in total. The van der Waals surface area contributed by atoms with Gasteiger partial charge in [0.05, 0.1) is 6.04 Å². The number of hydrogen-bond acceptors (Lipinski definition) is 5. The van der Waals surface area contributed by atoms with Gasteiger partial charge in [0.1, 0.15) is 18.0 Å². The highest BCUT2D eigenvalue weighted by Gasteiger charge is 2.32. The third-order valence-corrected chi connectivity index (χ3v) is 4.38. The zero-order chi connectivity index (χ0) is 20.3. The molecule has 10 heteroatoms. The first kappa shape index (κ1) is 19.8. The number of nitrogens with zero attached hydrogens (tertiary/aromatic N) is 4. The molecule has 1 unspecified atom stereocenters. The van der Waals surface area contributed by atoms with Crippen molar-refractivity contribution in [2.75, 3.05) is 31.1 Å². The molecule has 1 aromatic heterocycles.